The van der Waals surface area contributed by atoms with Crippen molar-refractivity contribution < 1.29 is 13.7 Å². The highest BCUT2D eigenvalue weighted by atomic mass is 19.1. The van der Waals surface area contributed by atoms with Gasteiger partial charge in [-0.15, -0.1) is 5.10 Å². The van der Waals surface area contributed by atoms with Gasteiger partial charge in [0.2, 0.25) is 5.82 Å². The van der Waals surface area contributed by atoms with Gasteiger partial charge >= 0.3 is 0 Å². The maximum absolute atomic E-state index is 14.2. The van der Waals surface area contributed by atoms with Gasteiger partial charge in [-0.25, -0.2) is 13.5 Å². The third-order valence-corrected chi connectivity index (χ3v) is 5.92. The Balaban J connectivity index is 1.51. The number of anilines is 1. The minimum Gasteiger partial charge on any atom is -0.358 e. The molecule has 164 valence electrons. The minimum atomic E-state index is -0.254. The maximum atomic E-state index is 14.2. The Morgan fingerprint density at radius 2 is 1.71 bits per heavy atom. The molecule has 3 aromatic rings. The van der Waals surface area contributed by atoms with Crippen LogP contribution in [0.4, 0.5) is 14.5 Å². The zero-order valence-corrected chi connectivity index (χ0v) is 18.0. The summed E-state index contributed by atoms with van der Waals surface area (Å²) in [7, 11) is 0. The van der Waals surface area contributed by atoms with Gasteiger partial charge in [0.05, 0.1) is 38.4 Å². The Kier molecular flexibility index (Phi) is 6.56. The molecule has 2 aromatic carbocycles. The first-order chi connectivity index (χ1) is 15.0. The number of halogens is 2. The van der Waals surface area contributed by atoms with Crippen molar-refractivity contribution in [1.82, 2.24) is 20.2 Å². The van der Waals surface area contributed by atoms with E-state index in [1.165, 1.54) is 23.1 Å². The molecule has 1 saturated heterocycles. The average molecular weight is 428 g/mol. The largest absolute Gasteiger partial charge is 0.358 e. The van der Waals surface area contributed by atoms with Gasteiger partial charge in [-0.2, -0.15) is 0 Å². The number of para-hydroxylation sites is 1. The first-order valence-corrected chi connectivity index (χ1v) is 10.9. The molecule has 0 aliphatic carbocycles. The molecule has 1 aromatic heterocycles. The first-order valence-electron chi connectivity index (χ1n) is 10.9. The van der Waals surface area contributed by atoms with E-state index in [0.717, 1.165) is 44.0 Å². The molecule has 0 spiro atoms. The normalized spacial score (nSPS) is 16.1. The van der Waals surface area contributed by atoms with Crippen LogP contribution in [0.25, 0.3) is 0 Å². The van der Waals surface area contributed by atoms with Crippen molar-refractivity contribution in [3.8, 4) is 0 Å². The predicted octanol–water partition coefficient (Wildman–Crippen LogP) is 2.49. The Morgan fingerprint density at radius 1 is 1.00 bits per heavy atom. The molecule has 0 unspecified atom stereocenters. The lowest BCUT2D eigenvalue weighted by Gasteiger charge is -2.37. The van der Waals surface area contributed by atoms with E-state index in [4.69, 9.17) is 0 Å². The second-order valence-electron chi connectivity index (χ2n) is 8.60. The molecule has 1 atom stereocenters. The lowest BCUT2D eigenvalue weighted by molar-refractivity contribution is -0.934. The molecular formula is C23H29F2N6+. The van der Waals surface area contributed by atoms with E-state index in [9.17, 15) is 8.78 Å². The molecule has 6 nitrogen and oxygen atoms in total. The monoisotopic (exact) mass is 427 g/mol. The number of piperazine rings is 1. The van der Waals surface area contributed by atoms with Gasteiger partial charge in [-0.05, 0) is 46.2 Å². The summed E-state index contributed by atoms with van der Waals surface area (Å²) in [6, 6.07) is 13.5. The van der Waals surface area contributed by atoms with Crippen molar-refractivity contribution in [1.29, 1.82) is 0 Å². The number of benzene rings is 2. The van der Waals surface area contributed by atoms with E-state index >= 15 is 0 Å². The standard InChI is InChI=1S/C23H28F2N6/c1-17(2)15-22(23-26-27-28-31(23)16-18-7-9-19(24)10-8-18)30-13-11-29(12-14-30)21-6-4-3-5-20(21)25/h3-10,17,22H,11-16H2,1-2H3/p+1/t22-/m1/s1. The molecular weight excluding hydrogens is 398 g/mol. The van der Waals surface area contributed by atoms with Crippen molar-refractivity contribution in [3.63, 3.8) is 0 Å². The fourth-order valence-electron chi connectivity index (χ4n) is 4.35. The Labute approximate surface area is 181 Å². The van der Waals surface area contributed by atoms with Crippen LogP contribution in [0.2, 0.25) is 0 Å². The summed E-state index contributed by atoms with van der Waals surface area (Å²) in [5.41, 5.74) is 1.63. The summed E-state index contributed by atoms with van der Waals surface area (Å²) < 4.78 is 29.3. The van der Waals surface area contributed by atoms with Crippen molar-refractivity contribution in [2.24, 2.45) is 5.92 Å². The van der Waals surface area contributed by atoms with Crippen molar-refractivity contribution >= 4 is 5.69 Å². The summed E-state index contributed by atoms with van der Waals surface area (Å²) in [4.78, 5) is 3.53. The van der Waals surface area contributed by atoms with Crippen molar-refractivity contribution in [3.05, 3.63) is 71.6 Å². The zero-order valence-electron chi connectivity index (χ0n) is 18.0. The molecule has 0 amide bonds. The molecule has 2 heterocycles. The van der Waals surface area contributed by atoms with Gasteiger partial charge in [0.25, 0.3) is 0 Å². The van der Waals surface area contributed by atoms with E-state index in [1.54, 1.807) is 18.2 Å². The van der Waals surface area contributed by atoms with Crippen LogP contribution in [0.5, 0.6) is 0 Å². The Bertz CT molecular complexity index is 980. The van der Waals surface area contributed by atoms with Crippen molar-refractivity contribution in [2.75, 3.05) is 31.1 Å². The number of rotatable bonds is 7. The highest BCUT2D eigenvalue weighted by molar-refractivity contribution is 5.47. The van der Waals surface area contributed by atoms with Gasteiger partial charge in [0, 0.05) is 6.42 Å². The van der Waals surface area contributed by atoms with Crippen LogP contribution in [-0.2, 0) is 6.54 Å². The molecule has 1 fully saturated rings. The van der Waals surface area contributed by atoms with E-state index in [2.05, 4.69) is 34.3 Å². The fraction of sp³-hybridized carbons (Fsp3) is 0.435. The van der Waals surface area contributed by atoms with E-state index in [-0.39, 0.29) is 17.7 Å². The molecule has 1 N–H and O–H groups in total. The molecule has 0 saturated carbocycles. The highest BCUT2D eigenvalue weighted by Gasteiger charge is 2.33. The van der Waals surface area contributed by atoms with Gasteiger partial charge in [0.15, 0.2) is 0 Å². The number of hydrogen-bond donors (Lipinski definition) is 1. The number of nitrogens with zero attached hydrogens (tertiary/aromatic N) is 5. The van der Waals surface area contributed by atoms with E-state index in [0.29, 0.717) is 18.2 Å². The fourth-order valence-corrected chi connectivity index (χ4v) is 4.35. The highest BCUT2D eigenvalue weighted by Crippen LogP contribution is 2.21. The molecule has 0 radical (unpaired) electrons. The third-order valence-electron chi connectivity index (χ3n) is 5.92. The molecule has 8 heteroatoms. The van der Waals surface area contributed by atoms with E-state index < -0.39 is 0 Å². The minimum absolute atomic E-state index is 0.151. The van der Waals surface area contributed by atoms with Crippen LogP contribution in [0.15, 0.2) is 48.5 Å². The van der Waals surface area contributed by atoms with Crippen LogP contribution in [0, 0.1) is 17.6 Å². The lowest BCUT2D eigenvalue weighted by atomic mass is 10.0. The smallest absolute Gasteiger partial charge is 0.209 e. The van der Waals surface area contributed by atoms with E-state index in [1.807, 2.05) is 16.8 Å². The maximum Gasteiger partial charge on any atom is 0.209 e. The molecule has 1 aliphatic heterocycles. The second-order valence-corrected chi connectivity index (χ2v) is 8.60. The van der Waals surface area contributed by atoms with Crippen LogP contribution in [-0.4, -0.2) is 46.4 Å². The topological polar surface area (TPSA) is 51.3 Å². The van der Waals surface area contributed by atoms with Crippen molar-refractivity contribution in [2.45, 2.75) is 32.9 Å². The number of aromatic nitrogens is 4. The number of quaternary nitrogens is 1. The number of hydrogen-bond acceptors (Lipinski definition) is 4. The summed E-state index contributed by atoms with van der Waals surface area (Å²) >= 11 is 0. The summed E-state index contributed by atoms with van der Waals surface area (Å²) in [5, 5.41) is 12.6. The third kappa shape index (κ3) is 5.07. The van der Waals surface area contributed by atoms with Gasteiger partial charge in [-0.3, -0.25) is 0 Å². The molecule has 31 heavy (non-hydrogen) atoms. The zero-order chi connectivity index (χ0) is 21.8. The van der Waals surface area contributed by atoms with Gasteiger partial charge in [-0.1, -0.05) is 38.1 Å². The van der Waals surface area contributed by atoms with Crippen LogP contribution < -0.4 is 9.80 Å². The van der Waals surface area contributed by atoms with Gasteiger partial charge < -0.3 is 9.80 Å². The van der Waals surface area contributed by atoms with Crippen LogP contribution in [0.1, 0.15) is 37.7 Å². The average Bonchev–Trinajstić information content (AvgIpc) is 3.22. The summed E-state index contributed by atoms with van der Waals surface area (Å²) in [5.74, 6) is 0.911. The van der Waals surface area contributed by atoms with Crippen LogP contribution >= 0.6 is 0 Å². The molecule has 1 aliphatic rings. The quantitative estimate of drug-likeness (QED) is 0.630. The molecule has 0 bridgehead atoms. The Morgan fingerprint density at radius 3 is 2.39 bits per heavy atom. The van der Waals surface area contributed by atoms with Gasteiger partial charge in [0.1, 0.15) is 17.7 Å². The predicted molar refractivity (Wildman–Crippen MR) is 115 cm³/mol. The SMILES string of the molecule is CC(C)C[C@H](c1nnnn1Cc1ccc(F)cc1)[NH+]1CCN(c2ccccc2F)CC1. The lowest BCUT2D eigenvalue weighted by Crippen LogP contribution is -3.15. The number of tetrazole rings is 1. The second kappa shape index (κ2) is 9.51. The first kappa shape index (κ1) is 21.4. The summed E-state index contributed by atoms with van der Waals surface area (Å²) in [6.07, 6.45) is 0.957. The molecule has 4 rings (SSSR count). The summed E-state index contributed by atoms with van der Waals surface area (Å²) in [6.45, 7) is 8.25. The number of nitrogens with one attached hydrogen (secondary N) is 1. The van der Waals surface area contributed by atoms with Crippen LogP contribution in [0.3, 0.4) is 0 Å². The Hall–Kier alpha value is -2.87.